The maximum absolute atomic E-state index is 12.6. The fourth-order valence-electron chi connectivity index (χ4n) is 3.33. The molecule has 4 rings (SSSR count). The maximum Gasteiger partial charge on any atom is 0.255 e. The summed E-state index contributed by atoms with van der Waals surface area (Å²) >= 11 is 7.79. The van der Waals surface area contributed by atoms with Crippen molar-refractivity contribution in [1.29, 1.82) is 0 Å². The van der Waals surface area contributed by atoms with Crippen LogP contribution in [-0.2, 0) is 9.59 Å². The second kappa shape index (κ2) is 8.41. The lowest BCUT2D eigenvalue weighted by molar-refractivity contribution is -0.114. The highest BCUT2D eigenvalue weighted by molar-refractivity contribution is 7.99. The van der Waals surface area contributed by atoms with Gasteiger partial charge in [-0.1, -0.05) is 23.7 Å². The molecular formula is C21H19ClN4O3S. The molecule has 4 N–H and O–H groups in total. The summed E-state index contributed by atoms with van der Waals surface area (Å²) in [7, 11) is 0. The van der Waals surface area contributed by atoms with Crippen LogP contribution in [0, 0.1) is 0 Å². The molecule has 1 saturated heterocycles. The molecule has 2 aliphatic heterocycles. The minimum atomic E-state index is -0.489. The van der Waals surface area contributed by atoms with E-state index in [0.717, 1.165) is 35.8 Å². The lowest BCUT2D eigenvalue weighted by atomic mass is 10.0. The number of para-hydroxylation sites is 1. The molecule has 0 bridgehead atoms. The van der Waals surface area contributed by atoms with Crippen LogP contribution in [0.25, 0.3) is 0 Å². The molecule has 2 aromatic carbocycles. The van der Waals surface area contributed by atoms with Gasteiger partial charge in [-0.3, -0.25) is 14.4 Å². The van der Waals surface area contributed by atoms with Gasteiger partial charge in [-0.15, -0.1) is 0 Å². The van der Waals surface area contributed by atoms with Crippen LogP contribution >= 0.6 is 23.4 Å². The van der Waals surface area contributed by atoms with Gasteiger partial charge in [0.2, 0.25) is 11.8 Å². The topological polar surface area (TPSA) is 99.3 Å². The monoisotopic (exact) mass is 442 g/mol. The highest BCUT2D eigenvalue weighted by atomic mass is 35.5. The van der Waals surface area contributed by atoms with Crippen LogP contribution in [-0.4, -0.2) is 34.9 Å². The average molecular weight is 443 g/mol. The maximum atomic E-state index is 12.6. The molecule has 0 aliphatic carbocycles. The summed E-state index contributed by atoms with van der Waals surface area (Å²) in [5.74, 6) is 0.673. The van der Waals surface area contributed by atoms with E-state index < -0.39 is 17.5 Å². The van der Waals surface area contributed by atoms with Gasteiger partial charge in [-0.2, -0.15) is 11.8 Å². The Kier molecular flexibility index (Phi) is 5.69. The van der Waals surface area contributed by atoms with E-state index in [4.69, 9.17) is 11.6 Å². The van der Waals surface area contributed by atoms with Crippen molar-refractivity contribution in [3.8, 4) is 0 Å². The quantitative estimate of drug-likeness (QED) is 0.543. The fourth-order valence-corrected chi connectivity index (χ4v) is 4.78. The predicted octanol–water partition coefficient (Wildman–Crippen LogP) is 3.46. The molecule has 1 spiro atoms. The van der Waals surface area contributed by atoms with Crippen LogP contribution in [0.5, 0.6) is 0 Å². The highest BCUT2D eigenvalue weighted by Gasteiger charge is 2.40. The number of anilines is 3. The van der Waals surface area contributed by atoms with Crippen molar-refractivity contribution in [3.63, 3.8) is 0 Å². The van der Waals surface area contributed by atoms with E-state index in [-0.39, 0.29) is 5.91 Å². The second-order valence-electron chi connectivity index (χ2n) is 7.02. The van der Waals surface area contributed by atoms with Crippen LogP contribution in [0.1, 0.15) is 16.8 Å². The Morgan fingerprint density at radius 3 is 2.57 bits per heavy atom. The molecule has 3 amide bonds. The van der Waals surface area contributed by atoms with E-state index >= 15 is 0 Å². The number of thioether (sulfide) groups is 1. The summed E-state index contributed by atoms with van der Waals surface area (Å²) in [4.78, 5) is 36.7. The molecule has 0 radical (unpaired) electrons. The summed E-state index contributed by atoms with van der Waals surface area (Å²) < 4.78 is 0. The average Bonchev–Trinajstić information content (AvgIpc) is 3.16. The van der Waals surface area contributed by atoms with Crippen LogP contribution in [0.2, 0.25) is 5.02 Å². The first-order valence-corrected chi connectivity index (χ1v) is 10.8. The van der Waals surface area contributed by atoms with Gasteiger partial charge in [0.15, 0.2) is 0 Å². The Hall–Kier alpha value is -2.97. The molecule has 1 atom stereocenters. The number of carbonyl (C=O) groups excluding carboxylic acids is 3. The van der Waals surface area contributed by atoms with Gasteiger partial charge >= 0.3 is 0 Å². The van der Waals surface area contributed by atoms with Crippen molar-refractivity contribution in [1.82, 2.24) is 5.32 Å². The lowest BCUT2D eigenvalue weighted by Gasteiger charge is -2.37. The van der Waals surface area contributed by atoms with Crippen molar-refractivity contribution >= 4 is 58.1 Å². The van der Waals surface area contributed by atoms with Crippen molar-refractivity contribution < 1.29 is 14.4 Å². The van der Waals surface area contributed by atoms with Crippen LogP contribution in [0.3, 0.4) is 0 Å². The van der Waals surface area contributed by atoms with Gasteiger partial charge in [-0.25, -0.2) is 0 Å². The zero-order valence-electron chi connectivity index (χ0n) is 15.8. The van der Waals surface area contributed by atoms with E-state index in [1.165, 1.54) is 0 Å². The zero-order chi connectivity index (χ0) is 21.1. The van der Waals surface area contributed by atoms with Crippen molar-refractivity contribution in [2.24, 2.45) is 0 Å². The second-order valence-corrected chi connectivity index (χ2v) is 8.53. The number of hydrogen-bond acceptors (Lipinski definition) is 5. The Morgan fingerprint density at radius 2 is 1.83 bits per heavy atom. The van der Waals surface area contributed by atoms with Gasteiger partial charge in [0.05, 0.1) is 16.3 Å². The smallest absolute Gasteiger partial charge is 0.255 e. The first kappa shape index (κ1) is 20.3. The molecule has 154 valence electrons. The molecule has 2 aromatic rings. The number of carbonyl (C=O) groups is 3. The first-order valence-electron chi connectivity index (χ1n) is 9.31. The number of hydrogen-bond donors (Lipinski definition) is 4. The molecule has 0 aromatic heterocycles. The molecule has 1 unspecified atom stereocenters. The fraction of sp³-hybridized carbons (Fsp3) is 0.190. The van der Waals surface area contributed by atoms with Gasteiger partial charge in [0, 0.05) is 29.3 Å². The van der Waals surface area contributed by atoms with E-state index in [0.29, 0.717) is 22.0 Å². The third-order valence-electron chi connectivity index (χ3n) is 4.80. The first-order chi connectivity index (χ1) is 14.4. The molecular weight excluding hydrogens is 424 g/mol. The van der Waals surface area contributed by atoms with E-state index in [2.05, 4.69) is 21.3 Å². The Morgan fingerprint density at radius 1 is 1.07 bits per heavy atom. The number of benzene rings is 2. The third kappa shape index (κ3) is 4.44. The number of halogens is 1. The highest BCUT2D eigenvalue weighted by Crippen LogP contribution is 2.35. The standard InChI is InChI=1S/C21H19ClN4O3S/c22-15-3-1-2-4-17(15)24-19(28)8-7-18(27)23-13-5-6-16-14(11-13)20(29)26-21(25-16)9-10-30-12-21/h1-8,11,25H,9-10,12H2,(H,23,27)(H,24,28)(H,26,29)/b8-7+. The molecule has 1 fully saturated rings. The zero-order valence-corrected chi connectivity index (χ0v) is 17.4. The Bertz CT molecular complexity index is 1050. The number of rotatable bonds is 4. The van der Waals surface area contributed by atoms with Crippen molar-refractivity contribution in [3.05, 3.63) is 65.2 Å². The van der Waals surface area contributed by atoms with Gasteiger partial charge < -0.3 is 21.3 Å². The molecule has 9 heteroatoms. The molecule has 0 saturated carbocycles. The normalized spacial score (nSPS) is 19.8. The number of amides is 3. The Labute approximate surface area is 182 Å². The summed E-state index contributed by atoms with van der Waals surface area (Å²) in [6, 6.07) is 11.9. The predicted molar refractivity (Wildman–Crippen MR) is 120 cm³/mol. The van der Waals surface area contributed by atoms with Crippen molar-refractivity contribution in [2.45, 2.75) is 12.1 Å². The Balaban J connectivity index is 1.39. The minimum Gasteiger partial charge on any atom is -0.361 e. The lowest BCUT2D eigenvalue weighted by Crippen LogP contribution is -2.57. The van der Waals surface area contributed by atoms with Gasteiger partial charge in [0.25, 0.3) is 5.91 Å². The van der Waals surface area contributed by atoms with Crippen LogP contribution in [0.15, 0.2) is 54.6 Å². The molecule has 2 aliphatic rings. The van der Waals surface area contributed by atoms with Gasteiger partial charge in [-0.05, 0) is 42.5 Å². The molecule has 7 nitrogen and oxygen atoms in total. The molecule has 2 heterocycles. The van der Waals surface area contributed by atoms with E-state index in [1.54, 1.807) is 54.2 Å². The van der Waals surface area contributed by atoms with Crippen LogP contribution in [0.4, 0.5) is 17.1 Å². The summed E-state index contributed by atoms with van der Waals surface area (Å²) in [6.45, 7) is 0. The van der Waals surface area contributed by atoms with Crippen molar-refractivity contribution in [2.75, 3.05) is 27.5 Å². The summed E-state index contributed by atoms with van der Waals surface area (Å²) in [5.41, 5.74) is 1.74. The SMILES string of the molecule is O=C(/C=C/C(=O)Nc1ccccc1Cl)Nc1ccc2c(c1)C(=O)NC1(CCSC1)N2. The number of fused-ring (bicyclic) bond motifs is 1. The van der Waals surface area contributed by atoms with Crippen LogP contribution < -0.4 is 21.3 Å². The van der Waals surface area contributed by atoms with E-state index in [1.807, 2.05) is 0 Å². The summed E-state index contributed by atoms with van der Waals surface area (Å²) in [5, 5.41) is 12.1. The largest absolute Gasteiger partial charge is 0.361 e. The molecule has 30 heavy (non-hydrogen) atoms. The van der Waals surface area contributed by atoms with E-state index in [9.17, 15) is 14.4 Å². The number of nitrogens with one attached hydrogen (secondary N) is 4. The third-order valence-corrected chi connectivity index (χ3v) is 6.32. The summed E-state index contributed by atoms with van der Waals surface area (Å²) in [6.07, 6.45) is 3.10. The minimum absolute atomic E-state index is 0.169. The van der Waals surface area contributed by atoms with Gasteiger partial charge in [0.1, 0.15) is 5.66 Å².